The van der Waals surface area contributed by atoms with Crippen LogP contribution in [0.3, 0.4) is 0 Å². The van der Waals surface area contributed by atoms with Gasteiger partial charge in [0.2, 0.25) is 0 Å². The van der Waals surface area contributed by atoms with E-state index in [0.717, 1.165) is 0 Å². The predicted molar refractivity (Wildman–Crippen MR) is 4.99 cm³/mol. The molecule has 0 bridgehead atoms. The first-order valence-electron chi connectivity index (χ1n) is 0. The Hall–Kier alpha value is 1.31. The molecule has 0 saturated heterocycles. The Morgan fingerprint density at radius 1 is 0.600 bits per heavy atom. The molecule has 0 fully saturated rings. The van der Waals surface area contributed by atoms with Crippen LogP contribution in [0.5, 0.6) is 0 Å². The molecule has 3 nitrogen and oxygen atoms in total. The third-order valence-electron chi connectivity index (χ3n) is 0. The van der Waals surface area contributed by atoms with Crippen LogP contribution in [-0.2, 0) is 54.4 Å². The van der Waals surface area contributed by atoms with E-state index in [-0.39, 0.29) is 59.9 Å². The van der Waals surface area contributed by atoms with E-state index in [2.05, 4.69) is 0 Å². The molecule has 0 aromatic carbocycles. The molecule has 5 heavy (non-hydrogen) atoms. The summed E-state index contributed by atoms with van der Waals surface area (Å²) in [7, 11) is 0. The summed E-state index contributed by atoms with van der Waals surface area (Å²) in [5.41, 5.74) is 0. The summed E-state index contributed by atoms with van der Waals surface area (Å²) in [4.78, 5) is 0. The van der Waals surface area contributed by atoms with Crippen molar-refractivity contribution < 1.29 is 59.9 Å². The Bertz CT molecular complexity index is 4.85. The van der Waals surface area contributed by atoms with Gasteiger partial charge in [0.15, 0.2) is 0 Å². The predicted octanol–water partition coefficient (Wildman–Crippen LogP) is -1.07. The van der Waals surface area contributed by atoms with Gasteiger partial charge in [-0.05, 0) is 0 Å². The average molecular weight is 146 g/mol. The Labute approximate surface area is 59.8 Å². The van der Waals surface area contributed by atoms with Crippen molar-refractivity contribution in [2.75, 3.05) is 0 Å². The molecule has 0 unspecified atom stereocenters. The minimum atomic E-state index is 0. The molecule has 0 atom stereocenters. The molecule has 0 heterocycles. The van der Waals surface area contributed by atoms with Gasteiger partial charge in [-0.3, -0.25) is 0 Å². The molecular formula is H2O3Ti2+4. The molecular weight excluding hydrogens is 144 g/mol. The molecule has 0 aliphatic heterocycles. The summed E-state index contributed by atoms with van der Waals surface area (Å²) in [6.45, 7) is 0. The van der Waals surface area contributed by atoms with Crippen molar-refractivity contribution >= 4 is 0 Å². The number of hydrogen-bond acceptors (Lipinski definition) is 0. The maximum atomic E-state index is 0. The third kappa shape index (κ3) is 33.9. The first-order chi connectivity index (χ1) is 0. The van der Waals surface area contributed by atoms with Crippen molar-refractivity contribution in [3.63, 3.8) is 0 Å². The first kappa shape index (κ1) is 104. The number of rotatable bonds is 0. The molecule has 0 amide bonds. The second-order valence-corrected chi connectivity index (χ2v) is 0. The molecule has 0 radical (unpaired) electrons. The summed E-state index contributed by atoms with van der Waals surface area (Å²) < 4.78 is 0. The quantitative estimate of drug-likeness (QED) is 0.389. The number of hydrogen-bond donors (Lipinski definition) is 0. The van der Waals surface area contributed by atoms with E-state index in [9.17, 15) is 0 Å². The molecule has 0 rings (SSSR count). The maximum absolute atomic E-state index is 0. The van der Waals surface area contributed by atoms with E-state index in [1.54, 1.807) is 0 Å². The Kier molecular flexibility index (Phi) is 1200. The molecule has 2 N–H and O–H groups in total. The van der Waals surface area contributed by atoms with Crippen LogP contribution in [0.15, 0.2) is 0 Å². The normalized spacial score (nSPS) is 0. The van der Waals surface area contributed by atoms with Crippen LogP contribution in [0.1, 0.15) is 0 Å². The second-order valence-electron chi connectivity index (χ2n) is 0. The summed E-state index contributed by atoms with van der Waals surface area (Å²) in [5, 5.41) is 0. The van der Waals surface area contributed by atoms with Crippen LogP contribution >= 0.6 is 0 Å². The fourth-order valence-corrected chi connectivity index (χ4v) is 0. The molecule has 0 aromatic heterocycles. The first-order valence-corrected chi connectivity index (χ1v) is 0. The van der Waals surface area contributed by atoms with Gasteiger partial charge in [0.1, 0.15) is 0 Å². The van der Waals surface area contributed by atoms with Gasteiger partial charge in [0.05, 0.1) is 0 Å². The van der Waals surface area contributed by atoms with Crippen LogP contribution in [0, 0.1) is 0 Å². The van der Waals surface area contributed by atoms with E-state index in [0.29, 0.717) is 0 Å². The van der Waals surface area contributed by atoms with Gasteiger partial charge in [-0.15, -0.1) is 0 Å². The monoisotopic (exact) mass is 146 g/mol. The van der Waals surface area contributed by atoms with Gasteiger partial charge in [0, 0.05) is 0 Å². The van der Waals surface area contributed by atoms with Gasteiger partial charge in [-0.2, -0.15) is 0 Å². The van der Waals surface area contributed by atoms with Crippen LogP contribution in [0.2, 0.25) is 0 Å². The summed E-state index contributed by atoms with van der Waals surface area (Å²) >= 11 is 0. The molecule has 0 aliphatic carbocycles. The van der Waals surface area contributed by atoms with Crippen molar-refractivity contribution in [2.24, 2.45) is 0 Å². The fraction of sp³-hybridized carbons (Fsp3) is 0. The van der Waals surface area contributed by atoms with Crippen LogP contribution in [0.25, 0.3) is 0 Å². The van der Waals surface area contributed by atoms with Crippen LogP contribution in [-0.4, -0.2) is 5.48 Å². The SMILES string of the molecule is O.[O-2].[O-2].[Ti+4].[Ti+4]. The van der Waals surface area contributed by atoms with Crippen molar-refractivity contribution in [3.8, 4) is 0 Å². The van der Waals surface area contributed by atoms with E-state index in [1.807, 2.05) is 0 Å². The van der Waals surface area contributed by atoms with Crippen molar-refractivity contribution in [1.29, 1.82) is 0 Å². The largest absolute Gasteiger partial charge is 4.00 e. The molecule has 5 heteroatoms. The standard InChI is InChI=1S/H2O.2O.2Ti/h1H2;;;;/q;2*-2;2*+4. The topological polar surface area (TPSA) is 88.5 Å². The van der Waals surface area contributed by atoms with E-state index in [4.69, 9.17) is 0 Å². The zero-order chi connectivity index (χ0) is 0. The smallest absolute Gasteiger partial charge is 2.00 e. The van der Waals surface area contributed by atoms with Gasteiger partial charge in [-0.25, -0.2) is 0 Å². The third-order valence-corrected chi connectivity index (χ3v) is 0. The summed E-state index contributed by atoms with van der Waals surface area (Å²) in [6, 6.07) is 0. The molecule has 0 saturated carbocycles. The summed E-state index contributed by atoms with van der Waals surface area (Å²) in [5.74, 6) is 0. The van der Waals surface area contributed by atoms with Crippen LogP contribution in [0.4, 0.5) is 0 Å². The molecule has 0 aromatic rings. The average Bonchev–Trinajstić information content (AvgIpc) is 0. The maximum Gasteiger partial charge on any atom is 4.00 e. The van der Waals surface area contributed by atoms with Gasteiger partial charge in [-0.1, -0.05) is 0 Å². The molecule has 0 aliphatic rings. The van der Waals surface area contributed by atoms with Crippen molar-refractivity contribution in [2.45, 2.75) is 0 Å². The van der Waals surface area contributed by atoms with Crippen molar-refractivity contribution in [3.05, 3.63) is 0 Å². The van der Waals surface area contributed by atoms with Crippen molar-refractivity contribution in [1.82, 2.24) is 0 Å². The van der Waals surface area contributed by atoms with Gasteiger partial charge < -0.3 is 16.4 Å². The van der Waals surface area contributed by atoms with Gasteiger partial charge in [0.25, 0.3) is 0 Å². The van der Waals surface area contributed by atoms with E-state index >= 15 is 0 Å². The minimum Gasteiger partial charge on any atom is -2.00 e. The Morgan fingerprint density at radius 2 is 0.600 bits per heavy atom. The Balaban J connectivity index is 0. The Morgan fingerprint density at radius 3 is 0.600 bits per heavy atom. The minimum absolute atomic E-state index is 0. The van der Waals surface area contributed by atoms with E-state index < -0.39 is 0 Å². The van der Waals surface area contributed by atoms with Crippen LogP contribution < -0.4 is 0 Å². The zero-order valence-electron chi connectivity index (χ0n) is 2.32. The zero-order valence-corrected chi connectivity index (χ0v) is 5.44. The molecule has 24 valence electrons. The molecule has 0 spiro atoms. The van der Waals surface area contributed by atoms with Gasteiger partial charge >= 0.3 is 43.4 Å². The summed E-state index contributed by atoms with van der Waals surface area (Å²) in [6.07, 6.45) is 0. The second kappa shape index (κ2) is 57.6. The van der Waals surface area contributed by atoms with E-state index in [1.165, 1.54) is 0 Å². The fourth-order valence-electron chi connectivity index (χ4n) is 0.